The van der Waals surface area contributed by atoms with E-state index in [0.29, 0.717) is 6.54 Å². The minimum Gasteiger partial charge on any atom is -0.354 e. The molecule has 1 fully saturated rings. The number of rotatable bonds is 5. The molecule has 2 aromatic carbocycles. The van der Waals surface area contributed by atoms with Gasteiger partial charge in [-0.1, -0.05) is 60.1 Å². The fraction of sp³-hybridized carbons (Fsp3) is 0.261. The third-order valence-corrected chi connectivity index (χ3v) is 6.05. The Morgan fingerprint density at radius 2 is 1.86 bits per heavy atom. The molecular formula is C23H24ClN3S. The van der Waals surface area contributed by atoms with Gasteiger partial charge in [0.05, 0.1) is 12.6 Å². The van der Waals surface area contributed by atoms with Crippen LogP contribution in [-0.2, 0) is 13.1 Å². The molecule has 1 atom stereocenters. The van der Waals surface area contributed by atoms with Crippen LogP contribution in [0.5, 0.6) is 0 Å². The molecule has 3 nitrogen and oxygen atoms in total. The van der Waals surface area contributed by atoms with Crippen molar-refractivity contribution in [3.05, 3.63) is 93.1 Å². The molecule has 0 spiro atoms. The van der Waals surface area contributed by atoms with Crippen LogP contribution < -0.4 is 5.32 Å². The molecule has 1 aromatic heterocycles. The summed E-state index contributed by atoms with van der Waals surface area (Å²) in [5.41, 5.74) is 2.51. The van der Waals surface area contributed by atoms with E-state index in [-0.39, 0.29) is 6.04 Å². The van der Waals surface area contributed by atoms with Crippen molar-refractivity contribution < 1.29 is 0 Å². The lowest BCUT2D eigenvalue weighted by atomic mass is 10.0. The van der Waals surface area contributed by atoms with Crippen LogP contribution in [0.1, 0.15) is 28.5 Å². The molecule has 144 valence electrons. The Bertz CT molecular complexity index is 891. The fourth-order valence-corrected chi connectivity index (χ4v) is 4.30. The van der Waals surface area contributed by atoms with Crippen molar-refractivity contribution in [2.75, 3.05) is 13.1 Å². The number of hydrogen-bond acceptors (Lipinski definition) is 3. The molecule has 28 heavy (non-hydrogen) atoms. The van der Waals surface area contributed by atoms with Gasteiger partial charge >= 0.3 is 0 Å². The van der Waals surface area contributed by atoms with Gasteiger partial charge in [0.1, 0.15) is 5.84 Å². The number of aliphatic imine (C=N–C) groups is 1. The van der Waals surface area contributed by atoms with Crippen molar-refractivity contribution in [1.82, 2.24) is 10.2 Å². The molecule has 0 radical (unpaired) electrons. The molecule has 0 amide bonds. The van der Waals surface area contributed by atoms with Gasteiger partial charge in [-0.15, -0.1) is 11.3 Å². The first kappa shape index (κ1) is 19.2. The molecule has 1 aliphatic heterocycles. The van der Waals surface area contributed by atoms with Crippen LogP contribution in [-0.4, -0.2) is 23.8 Å². The summed E-state index contributed by atoms with van der Waals surface area (Å²) in [4.78, 5) is 8.82. The Kier molecular flexibility index (Phi) is 6.42. The quantitative estimate of drug-likeness (QED) is 0.599. The number of nitrogens with one attached hydrogen (secondary N) is 1. The largest absolute Gasteiger partial charge is 0.354 e. The zero-order valence-corrected chi connectivity index (χ0v) is 17.3. The highest BCUT2D eigenvalue weighted by atomic mass is 35.5. The second-order valence-electron chi connectivity index (χ2n) is 6.95. The van der Waals surface area contributed by atoms with Crippen molar-refractivity contribution in [2.45, 2.75) is 25.6 Å². The average molecular weight is 410 g/mol. The van der Waals surface area contributed by atoms with E-state index in [9.17, 15) is 0 Å². The van der Waals surface area contributed by atoms with Crippen molar-refractivity contribution in [3.8, 4) is 0 Å². The van der Waals surface area contributed by atoms with E-state index in [1.807, 2.05) is 12.1 Å². The van der Waals surface area contributed by atoms with Crippen LogP contribution >= 0.6 is 22.9 Å². The number of halogens is 1. The molecule has 0 bridgehead atoms. The first-order chi connectivity index (χ1) is 13.8. The average Bonchev–Trinajstić information content (AvgIpc) is 3.17. The van der Waals surface area contributed by atoms with E-state index in [1.54, 1.807) is 11.3 Å². The maximum absolute atomic E-state index is 6.12. The Morgan fingerprint density at radius 1 is 1.04 bits per heavy atom. The summed E-state index contributed by atoms with van der Waals surface area (Å²) in [7, 11) is 0. The van der Waals surface area contributed by atoms with Crippen molar-refractivity contribution in [3.63, 3.8) is 0 Å². The van der Waals surface area contributed by atoms with Crippen molar-refractivity contribution in [2.24, 2.45) is 4.99 Å². The Morgan fingerprint density at radius 3 is 2.61 bits per heavy atom. The molecule has 3 aromatic rings. The highest BCUT2D eigenvalue weighted by molar-refractivity contribution is 7.09. The summed E-state index contributed by atoms with van der Waals surface area (Å²) in [6.45, 7) is 3.55. The monoisotopic (exact) mass is 409 g/mol. The number of hydrogen-bond donors (Lipinski definition) is 1. The van der Waals surface area contributed by atoms with Crippen LogP contribution in [0.3, 0.4) is 0 Å². The van der Waals surface area contributed by atoms with E-state index in [0.717, 1.165) is 36.9 Å². The van der Waals surface area contributed by atoms with Gasteiger partial charge in [-0.2, -0.15) is 0 Å². The third kappa shape index (κ3) is 4.82. The van der Waals surface area contributed by atoms with E-state index >= 15 is 0 Å². The SMILES string of the molecule is Clc1ccc(C2NCCCN(Cc3ccccc3)C2=NCc2cccs2)cc1. The summed E-state index contributed by atoms with van der Waals surface area (Å²) in [6, 6.07) is 23.1. The standard InChI is InChI=1S/C23H24ClN3S/c24-20-11-9-19(10-12-20)22-23(26-16-21-8-4-15-28-21)27(14-5-13-25-22)17-18-6-2-1-3-7-18/h1-4,6-12,15,22,25H,5,13-14,16-17H2. The second kappa shape index (κ2) is 9.37. The van der Waals surface area contributed by atoms with E-state index in [4.69, 9.17) is 16.6 Å². The summed E-state index contributed by atoms with van der Waals surface area (Å²) in [5, 5.41) is 6.57. The van der Waals surface area contributed by atoms with Gasteiger partial charge in [-0.05, 0) is 47.7 Å². The van der Waals surface area contributed by atoms with Crippen molar-refractivity contribution >= 4 is 28.8 Å². The first-order valence-electron chi connectivity index (χ1n) is 9.64. The van der Waals surface area contributed by atoms with Crippen LogP contribution in [0, 0.1) is 0 Å². The minimum absolute atomic E-state index is 0.0726. The zero-order valence-electron chi connectivity index (χ0n) is 15.7. The maximum atomic E-state index is 6.12. The van der Waals surface area contributed by atoms with Gasteiger partial charge in [-0.25, -0.2) is 0 Å². The van der Waals surface area contributed by atoms with Gasteiger partial charge in [-0.3, -0.25) is 4.99 Å². The lowest BCUT2D eigenvalue weighted by Crippen LogP contribution is -2.37. The summed E-state index contributed by atoms with van der Waals surface area (Å²) in [6.07, 6.45) is 1.09. The Hall–Kier alpha value is -2.14. The number of benzene rings is 2. The van der Waals surface area contributed by atoms with Gasteiger partial charge in [0.2, 0.25) is 0 Å². The van der Waals surface area contributed by atoms with E-state index in [2.05, 4.69) is 70.2 Å². The summed E-state index contributed by atoms with van der Waals surface area (Å²) < 4.78 is 0. The molecule has 4 rings (SSSR count). The van der Waals surface area contributed by atoms with Crippen LogP contribution in [0.2, 0.25) is 5.02 Å². The smallest absolute Gasteiger partial charge is 0.121 e. The maximum Gasteiger partial charge on any atom is 0.121 e. The van der Waals surface area contributed by atoms with E-state index < -0.39 is 0 Å². The molecular weight excluding hydrogens is 386 g/mol. The summed E-state index contributed by atoms with van der Waals surface area (Å²) >= 11 is 7.88. The highest BCUT2D eigenvalue weighted by Gasteiger charge is 2.26. The number of thiophene rings is 1. The van der Waals surface area contributed by atoms with Gasteiger partial charge in [0.15, 0.2) is 0 Å². The predicted molar refractivity (Wildman–Crippen MR) is 119 cm³/mol. The molecule has 0 aliphatic carbocycles. The van der Waals surface area contributed by atoms with E-state index in [1.165, 1.54) is 16.0 Å². The topological polar surface area (TPSA) is 27.6 Å². The minimum atomic E-state index is 0.0726. The molecule has 1 saturated heterocycles. The van der Waals surface area contributed by atoms with Gasteiger partial charge in [0.25, 0.3) is 0 Å². The first-order valence-corrected chi connectivity index (χ1v) is 10.9. The molecule has 1 N–H and O–H groups in total. The lowest BCUT2D eigenvalue weighted by Gasteiger charge is -2.29. The molecule has 5 heteroatoms. The number of nitrogens with zero attached hydrogens (tertiary/aromatic N) is 2. The molecule has 1 unspecified atom stereocenters. The molecule has 2 heterocycles. The highest BCUT2D eigenvalue weighted by Crippen LogP contribution is 2.24. The summed E-state index contributed by atoms with van der Waals surface area (Å²) in [5.74, 6) is 1.11. The fourth-order valence-electron chi connectivity index (χ4n) is 3.54. The van der Waals surface area contributed by atoms with Gasteiger partial charge in [0, 0.05) is 23.0 Å². The third-order valence-electron chi connectivity index (χ3n) is 4.93. The Labute approximate surface area is 175 Å². The van der Waals surface area contributed by atoms with Crippen LogP contribution in [0.25, 0.3) is 0 Å². The molecule has 1 aliphatic rings. The van der Waals surface area contributed by atoms with Gasteiger partial charge < -0.3 is 10.2 Å². The second-order valence-corrected chi connectivity index (χ2v) is 8.42. The van der Waals surface area contributed by atoms with Crippen LogP contribution in [0.4, 0.5) is 0 Å². The van der Waals surface area contributed by atoms with Crippen molar-refractivity contribution in [1.29, 1.82) is 0 Å². The Balaban J connectivity index is 1.67. The number of amidine groups is 1. The molecule has 0 saturated carbocycles. The normalized spacial score (nSPS) is 19.0. The predicted octanol–water partition coefficient (Wildman–Crippen LogP) is 5.54. The zero-order chi connectivity index (χ0) is 19.2. The van der Waals surface area contributed by atoms with Crippen LogP contribution in [0.15, 0.2) is 77.1 Å². The lowest BCUT2D eigenvalue weighted by molar-refractivity contribution is 0.408.